The van der Waals surface area contributed by atoms with Crippen molar-refractivity contribution in [1.29, 1.82) is 0 Å². The summed E-state index contributed by atoms with van der Waals surface area (Å²) in [7, 11) is 0. The molecule has 0 aliphatic carbocycles. The van der Waals surface area contributed by atoms with E-state index >= 15 is 0 Å². The third-order valence-electron chi connectivity index (χ3n) is 4.91. The van der Waals surface area contributed by atoms with Gasteiger partial charge in [0, 0.05) is 37.8 Å². The summed E-state index contributed by atoms with van der Waals surface area (Å²) in [5.74, 6) is 0. The average molecular weight is 343 g/mol. The van der Waals surface area contributed by atoms with E-state index in [0.717, 1.165) is 38.7 Å². The number of nitro groups is 1. The highest BCUT2D eigenvalue weighted by molar-refractivity contribution is 5.41. The van der Waals surface area contributed by atoms with Gasteiger partial charge in [-0.25, -0.2) is 0 Å². The second-order valence-corrected chi connectivity index (χ2v) is 6.52. The van der Waals surface area contributed by atoms with Crippen molar-refractivity contribution in [2.45, 2.75) is 38.0 Å². The van der Waals surface area contributed by atoms with Crippen molar-refractivity contribution in [3.63, 3.8) is 0 Å². The van der Waals surface area contributed by atoms with Gasteiger partial charge in [0.05, 0.1) is 10.5 Å². The molecule has 3 rings (SSSR count). The van der Waals surface area contributed by atoms with Gasteiger partial charge < -0.3 is 0 Å². The minimum absolute atomic E-state index is 0.107. The molecule has 5 nitrogen and oxygen atoms in total. The van der Waals surface area contributed by atoms with Gasteiger partial charge in [0.15, 0.2) is 0 Å². The molecule has 8 heteroatoms. The highest BCUT2D eigenvalue weighted by atomic mass is 19.4. The number of rotatable bonds is 4. The summed E-state index contributed by atoms with van der Waals surface area (Å²) in [4.78, 5) is 14.4. The van der Waals surface area contributed by atoms with Crippen LogP contribution in [0.4, 0.5) is 18.9 Å². The lowest BCUT2D eigenvalue weighted by molar-refractivity contribution is -0.385. The van der Waals surface area contributed by atoms with Crippen molar-refractivity contribution in [3.05, 3.63) is 39.4 Å². The van der Waals surface area contributed by atoms with Crippen molar-refractivity contribution < 1.29 is 18.1 Å². The highest BCUT2D eigenvalue weighted by Crippen LogP contribution is 2.35. The van der Waals surface area contributed by atoms with Crippen LogP contribution in [-0.2, 0) is 12.7 Å². The second-order valence-electron chi connectivity index (χ2n) is 6.52. The largest absolute Gasteiger partial charge is 0.416 e. The fourth-order valence-corrected chi connectivity index (χ4v) is 3.68. The van der Waals surface area contributed by atoms with E-state index < -0.39 is 22.4 Å². The maximum Gasteiger partial charge on any atom is 0.416 e. The van der Waals surface area contributed by atoms with Gasteiger partial charge in [-0.2, -0.15) is 13.2 Å². The van der Waals surface area contributed by atoms with Crippen LogP contribution in [0.3, 0.4) is 0 Å². The average Bonchev–Trinajstić information content (AvgIpc) is 3.16. The van der Waals surface area contributed by atoms with E-state index in [2.05, 4.69) is 4.90 Å². The zero-order valence-corrected chi connectivity index (χ0v) is 13.3. The van der Waals surface area contributed by atoms with Gasteiger partial charge in [-0.15, -0.1) is 0 Å². The number of alkyl halides is 3. The summed E-state index contributed by atoms with van der Waals surface area (Å²) in [5, 5.41) is 10.7. The van der Waals surface area contributed by atoms with Crippen molar-refractivity contribution in [2.24, 2.45) is 0 Å². The lowest BCUT2D eigenvalue weighted by atomic mass is 10.1. The van der Waals surface area contributed by atoms with E-state index in [4.69, 9.17) is 0 Å². The van der Waals surface area contributed by atoms with Crippen molar-refractivity contribution in [1.82, 2.24) is 9.80 Å². The SMILES string of the molecule is O=[N+]([O-])c1ccc(CN2CC[C@H](N3CCCC3)C2)c(C(F)(F)F)c1. The number of nitrogens with zero attached hydrogens (tertiary/aromatic N) is 3. The molecule has 1 atom stereocenters. The van der Waals surface area contributed by atoms with Crippen LogP contribution in [0, 0.1) is 10.1 Å². The van der Waals surface area contributed by atoms with Crippen molar-refractivity contribution in [2.75, 3.05) is 26.2 Å². The Kier molecular flexibility index (Phi) is 4.78. The Balaban J connectivity index is 1.74. The summed E-state index contributed by atoms with van der Waals surface area (Å²) in [6, 6.07) is 3.45. The van der Waals surface area contributed by atoms with Crippen LogP contribution >= 0.6 is 0 Å². The molecule has 0 radical (unpaired) electrons. The van der Waals surface area contributed by atoms with Gasteiger partial charge in [0.2, 0.25) is 0 Å². The van der Waals surface area contributed by atoms with E-state index in [9.17, 15) is 23.3 Å². The van der Waals surface area contributed by atoms with Crippen LogP contribution in [0.2, 0.25) is 0 Å². The molecule has 2 fully saturated rings. The fraction of sp³-hybridized carbons (Fsp3) is 0.625. The molecule has 2 saturated heterocycles. The van der Waals surface area contributed by atoms with E-state index in [1.54, 1.807) is 0 Å². The molecule has 0 unspecified atom stereocenters. The van der Waals surface area contributed by atoms with Crippen LogP contribution in [0.1, 0.15) is 30.4 Å². The Labute approximate surface area is 138 Å². The van der Waals surface area contributed by atoms with Crippen LogP contribution in [0.25, 0.3) is 0 Å². The number of non-ortho nitro benzene ring substituents is 1. The second kappa shape index (κ2) is 6.68. The Morgan fingerprint density at radius 1 is 1.21 bits per heavy atom. The number of hydrogen-bond donors (Lipinski definition) is 0. The predicted molar refractivity (Wildman–Crippen MR) is 82.6 cm³/mol. The smallest absolute Gasteiger partial charge is 0.299 e. The third kappa shape index (κ3) is 3.70. The quantitative estimate of drug-likeness (QED) is 0.622. The molecule has 2 aliphatic heterocycles. The normalized spacial score (nSPS) is 23.0. The Bertz CT molecular complexity index is 615. The molecule has 0 saturated carbocycles. The maximum atomic E-state index is 13.2. The first-order valence-corrected chi connectivity index (χ1v) is 8.15. The van der Waals surface area contributed by atoms with Crippen LogP contribution in [-0.4, -0.2) is 46.9 Å². The summed E-state index contributed by atoms with van der Waals surface area (Å²) < 4.78 is 39.7. The summed E-state index contributed by atoms with van der Waals surface area (Å²) in [6.07, 6.45) is -1.24. The summed E-state index contributed by atoms with van der Waals surface area (Å²) in [6.45, 7) is 3.84. The molecular formula is C16H20F3N3O2. The Morgan fingerprint density at radius 3 is 2.54 bits per heavy atom. The molecule has 0 N–H and O–H groups in total. The molecule has 1 aromatic carbocycles. The molecule has 0 aromatic heterocycles. The van der Waals surface area contributed by atoms with E-state index in [1.165, 1.54) is 18.9 Å². The van der Waals surface area contributed by atoms with Gasteiger partial charge in [-0.05, 0) is 37.9 Å². The monoisotopic (exact) mass is 343 g/mol. The Hall–Kier alpha value is -1.67. The van der Waals surface area contributed by atoms with E-state index in [-0.39, 0.29) is 12.1 Å². The minimum Gasteiger partial charge on any atom is -0.299 e. The topological polar surface area (TPSA) is 49.6 Å². The molecule has 2 aliphatic rings. The van der Waals surface area contributed by atoms with Gasteiger partial charge >= 0.3 is 6.18 Å². The van der Waals surface area contributed by atoms with Crippen molar-refractivity contribution in [3.8, 4) is 0 Å². The van der Waals surface area contributed by atoms with E-state index in [1.807, 2.05) is 4.90 Å². The number of nitro benzene ring substituents is 1. The molecule has 132 valence electrons. The Morgan fingerprint density at radius 2 is 1.92 bits per heavy atom. The first kappa shape index (κ1) is 17.2. The number of likely N-dealkylation sites (tertiary alicyclic amines) is 2. The number of halogens is 3. The third-order valence-corrected chi connectivity index (χ3v) is 4.91. The minimum atomic E-state index is -4.59. The molecule has 1 aromatic rings. The standard InChI is InChI=1S/C16H20F3N3O2/c17-16(18,19)15-9-13(22(23)24)4-3-12(15)10-20-8-5-14(11-20)21-6-1-2-7-21/h3-4,9,14H,1-2,5-8,10-11H2/t14-/m0/s1. The molecule has 0 spiro atoms. The summed E-state index contributed by atoms with van der Waals surface area (Å²) >= 11 is 0. The van der Waals surface area contributed by atoms with Gasteiger partial charge in [-0.3, -0.25) is 19.9 Å². The zero-order chi connectivity index (χ0) is 17.3. The van der Waals surface area contributed by atoms with Crippen molar-refractivity contribution >= 4 is 5.69 Å². The molecule has 24 heavy (non-hydrogen) atoms. The molecule has 0 bridgehead atoms. The van der Waals surface area contributed by atoms with Crippen LogP contribution < -0.4 is 0 Å². The van der Waals surface area contributed by atoms with Crippen LogP contribution in [0.5, 0.6) is 0 Å². The van der Waals surface area contributed by atoms with E-state index in [0.29, 0.717) is 12.1 Å². The first-order valence-electron chi connectivity index (χ1n) is 8.15. The van der Waals surface area contributed by atoms with Gasteiger partial charge in [0.1, 0.15) is 0 Å². The molecule has 2 heterocycles. The lowest BCUT2D eigenvalue weighted by Crippen LogP contribution is -2.35. The number of benzene rings is 1. The maximum absolute atomic E-state index is 13.2. The molecular weight excluding hydrogens is 323 g/mol. The first-order chi connectivity index (χ1) is 11.3. The summed E-state index contributed by atoms with van der Waals surface area (Å²) in [5.41, 5.74) is -1.32. The lowest BCUT2D eigenvalue weighted by Gasteiger charge is -2.24. The predicted octanol–water partition coefficient (Wildman–Crippen LogP) is 3.28. The van der Waals surface area contributed by atoms with Gasteiger partial charge in [0.25, 0.3) is 5.69 Å². The fourth-order valence-electron chi connectivity index (χ4n) is 3.68. The highest BCUT2D eigenvalue weighted by Gasteiger charge is 2.36. The van der Waals surface area contributed by atoms with Crippen LogP contribution in [0.15, 0.2) is 18.2 Å². The molecule has 0 amide bonds. The van der Waals surface area contributed by atoms with Gasteiger partial charge in [-0.1, -0.05) is 6.07 Å². The zero-order valence-electron chi connectivity index (χ0n) is 13.3. The number of hydrogen-bond acceptors (Lipinski definition) is 4.